The molecule has 0 aliphatic carbocycles. The second kappa shape index (κ2) is 8.49. The molecule has 0 heterocycles. The van der Waals surface area contributed by atoms with E-state index < -0.39 is 17.8 Å². The first-order chi connectivity index (χ1) is 12.2. The van der Waals surface area contributed by atoms with E-state index in [1.54, 1.807) is 30.3 Å². The number of rotatable bonds is 5. The number of urea groups is 1. The summed E-state index contributed by atoms with van der Waals surface area (Å²) in [6.45, 7) is 3.96. The summed E-state index contributed by atoms with van der Waals surface area (Å²) in [4.78, 5) is 12.3. The summed E-state index contributed by atoms with van der Waals surface area (Å²) in [7, 11) is 0. The first kappa shape index (κ1) is 20.2. The molecule has 3 nitrogen and oxygen atoms in total. The molecule has 0 fully saturated rings. The van der Waals surface area contributed by atoms with Crippen molar-refractivity contribution >= 4 is 30.2 Å². The average Bonchev–Trinajstić information content (AvgIpc) is 2.60. The van der Waals surface area contributed by atoms with Gasteiger partial charge < -0.3 is 5.32 Å². The topological polar surface area (TPSA) is 32.3 Å². The second-order valence-corrected chi connectivity index (χ2v) is 6.53. The van der Waals surface area contributed by atoms with Gasteiger partial charge in [0, 0.05) is 5.69 Å². The molecule has 1 N–H and O–H groups in total. The molecule has 2 amide bonds. The number of carbonyl (C=O) groups is 1. The summed E-state index contributed by atoms with van der Waals surface area (Å²) in [6, 6.07) is 12.3. The maximum atomic E-state index is 13.2. The van der Waals surface area contributed by atoms with Gasteiger partial charge in [-0.3, -0.25) is 0 Å². The van der Waals surface area contributed by atoms with Crippen LogP contribution in [0.1, 0.15) is 31.4 Å². The molecule has 0 saturated heterocycles. The van der Waals surface area contributed by atoms with Crippen LogP contribution in [0.25, 0.3) is 0 Å². The molecule has 1 atom stereocenters. The van der Waals surface area contributed by atoms with Gasteiger partial charge in [0.25, 0.3) is 0 Å². The van der Waals surface area contributed by atoms with Crippen molar-refractivity contribution in [3.8, 4) is 0 Å². The summed E-state index contributed by atoms with van der Waals surface area (Å²) in [5.41, 5.74) is 0.319. The van der Waals surface area contributed by atoms with Crippen molar-refractivity contribution in [1.29, 1.82) is 0 Å². The van der Waals surface area contributed by atoms with Gasteiger partial charge >= 0.3 is 12.2 Å². The van der Waals surface area contributed by atoms with Crippen molar-refractivity contribution in [2.45, 2.75) is 32.9 Å². The van der Waals surface area contributed by atoms with Crippen LogP contribution in [0.4, 0.5) is 29.3 Å². The van der Waals surface area contributed by atoms with E-state index in [9.17, 15) is 18.0 Å². The molecule has 0 aliphatic heterocycles. The van der Waals surface area contributed by atoms with Gasteiger partial charge in [0.2, 0.25) is 0 Å². The summed E-state index contributed by atoms with van der Waals surface area (Å²) < 4.78 is 40.6. The zero-order chi connectivity index (χ0) is 19.3. The van der Waals surface area contributed by atoms with E-state index >= 15 is 0 Å². The number of halogens is 3. The molecule has 0 bridgehead atoms. The van der Waals surface area contributed by atoms with Crippen LogP contribution in [-0.4, -0.2) is 6.03 Å². The number of hydrogen-bond donors (Lipinski definition) is 2. The van der Waals surface area contributed by atoms with E-state index in [2.05, 4.69) is 24.2 Å². The Balaban J connectivity index is 2.26. The van der Waals surface area contributed by atoms with Gasteiger partial charge in [0.15, 0.2) is 0 Å². The molecule has 1 unspecified atom stereocenters. The molecule has 1 radical (unpaired) electrons. The van der Waals surface area contributed by atoms with Crippen LogP contribution in [0.2, 0.25) is 0 Å². The van der Waals surface area contributed by atoms with E-state index in [4.69, 9.17) is 0 Å². The number of nitrogens with zero attached hydrogens (tertiary/aromatic N) is 1. The Labute approximate surface area is 156 Å². The molecule has 2 rings (SSSR count). The highest BCUT2D eigenvalue weighted by molar-refractivity contribution is 7.82. The minimum absolute atomic E-state index is 0.0877. The van der Waals surface area contributed by atoms with Crippen LogP contribution >= 0.6 is 12.8 Å². The molecular formula is C19H20F3N2OS. The smallest absolute Gasteiger partial charge is 0.307 e. The van der Waals surface area contributed by atoms with Crippen molar-refractivity contribution in [2.24, 2.45) is 5.92 Å². The van der Waals surface area contributed by atoms with E-state index in [-0.39, 0.29) is 11.6 Å². The standard InChI is InChI=1S/C19H20F3N2OS/c1-3-13(2)9-14-10-15(19(20,21)22)12-16(11-14)23-18(25)24(26)17-7-5-4-6-8-17/h5-8,10-13,26H,3,9H2,1-2H3,(H,23,25). The summed E-state index contributed by atoms with van der Waals surface area (Å²) in [6.07, 6.45) is -3.13. The third-order valence-electron chi connectivity index (χ3n) is 3.99. The Hall–Kier alpha value is -2.15. The second-order valence-electron chi connectivity index (χ2n) is 6.13. The third-order valence-corrected chi connectivity index (χ3v) is 4.40. The molecule has 139 valence electrons. The summed E-state index contributed by atoms with van der Waals surface area (Å²) >= 11 is 4.11. The highest BCUT2D eigenvalue weighted by atomic mass is 32.1. The SMILES string of the molecule is CCC(C)Cc1cc(NC(=O)N(S)c2cc[c]cc2)cc(C(F)(F)F)c1. The highest BCUT2D eigenvalue weighted by Crippen LogP contribution is 2.33. The maximum Gasteiger partial charge on any atom is 0.416 e. The van der Waals surface area contributed by atoms with Gasteiger partial charge in [-0.1, -0.05) is 45.2 Å². The quantitative estimate of drug-likeness (QED) is 0.614. The Bertz CT molecular complexity index is 750. The van der Waals surface area contributed by atoms with Gasteiger partial charge in [-0.2, -0.15) is 13.2 Å². The van der Waals surface area contributed by atoms with E-state index in [1.165, 1.54) is 0 Å². The van der Waals surface area contributed by atoms with E-state index in [0.29, 0.717) is 17.7 Å². The van der Waals surface area contributed by atoms with Crippen molar-refractivity contribution < 1.29 is 18.0 Å². The zero-order valence-corrected chi connectivity index (χ0v) is 15.4. The lowest BCUT2D eigenvalue weighted by Gasteiger charge is -2.18. The number of amides is 2. The molecule has 0 saturated carbocycles. The van der Waals surface area contributed by atoms with Gasteiger partial charge in [0.1, 0.15) is 0 Å². The van der Waals surface area contributed by atoms with E-state index in [1.807, 2.05) is 13.8 Å². The van der Waals surface area contributed by atoms with Crippen molar-refractivity contribution in [3.05, 3.63) is 59.7 Å². The largest absolute Gasteiger partial charge is 0.416 e. The van der Waals surface area contributed by atoms with Crippen molar-refractivity contribution in [2.75, 3.05) is 9.62 Å². The maximum absolute atomic E-state index is 13.2. The number of hydrogen-bond acceptors (Lipinski definition) is 2. The Kier molecular flexibility index (Phi) is 6.58. The lowest BCUT2D eigenvalue weighted by molar-refractivity contribution is -0.137. The predicted octanol–water partition coefficient (Wildman–Crippen LogP) is 5.98. The minimum Gasteiger partial charge on any atom is -0.307 e. The molecule has 0 aromatic heterocycles. The van der Waals surface area contributed by atoms with Gasteiger partial charge in [-0.05, 0) is 54.3 Å². The molecular weight excluding hydrogens is 361 g/mol. The Morgan fingerprint density at radius 3 is 2.50 bits per heavy atom. The average molecular weight is 381 g/mol. The van der Waals surface area contributed by atoms with Crippen molar-refractivity contribution in [1.82, 2.24) is 0 Å². The first-order valence-corrected chi connectivity index (χ1v) is 8.58. The number of carbonyl (C=O) groups excluding carboxylic acids is 1. The minimum atomic E-state index is -4.49. The summed E-state index contributed by atoms with van der Waals surface area (Å²) in [5, 5.41) is 2.48. The highest BCUT2D eigenvalue weighted by Gasteiger charge is 2.31. The van der Waals surface area contributed by atoms with Crippen LogP contribution in [0, 0.1) is 12.0 Å². The van der Waals surface area contributed by atoms with Crippen molar-refractivity contribution in [3.63, 3.8) is 0 Å². The number of alkyl halides is 3. The summed E-state index contributed by atoms with van der Waals surface area (Å²) in [5.74, 6) is 0.240. The van der Waals surface area contributed by atoms with E-state index in [0.717, 1.165) is 22.9 Å². The molecule has 7 heteroatoms. The monoisotopic (exact) mass is 381 g/mol. The first-order valence-electron chi connectivity index (χ1n) is 8.18. The molecule has 2 aromatic carbocycles. The third kappa shape index (κ3) is 5.42. The fraction of sp³-hybridized carbons (Fsp3) is 0.316. The fourth-order valence-corrected chi connectivity index (χ4v) is 2.59. The van der Waals surface area contributed by atoms with Crippen LogP contribution in [0.15, 0.2) is 42.5 Å². The molecule has 0 spiro atoms. The van der Waals surface area contributed by atoms with Crippen LogP contribution in [0.5, 0.6) is 0 Å². The van der Waals surface area contributed by atoms with Gasteiger partial charge in [-0.15, -0.1) is 0 Å². The fourth-order valence-electron chi connectivity index (χ4n) is 2.41. The Morgan fingerprint density at radius 2 is 1.92 bits per heavy atom. The molecule has 26 heavy (non-hydrogen) atoms. The van der Waals surface area contributed by atoms with Crippen LogP contribution < -0.4 is 9.62 Å². The lowest BCUT2D eigenvalue weighted by atomic mass is 9.97. The number of benzene rings is 2. The number of nitrogens with one attached hydrogen (secondary N) is 1. The normalized spacial score (nSPS) is 12.5. The van der Waals surface area contributed by atoms with Gasteiger partial charge in [0.05, 0.1) is 11.3 Å². The molecule has 2 aromatic rings. The lowest BCUT2D eigenvalue weighted by Crippen LogP contribution is -2.27. The van der Waals surface area contributed by atoms with Gasteiger partial charge in [-0.25, -0.2) is 9.10 Å². The van der Waals surface area contributed by atoms with Crippen LogP contribution in [0.3, 0.4) is 0 Å². The predicted molar refractivity (Wildman–Crippen MR) is 100 cm³/mol. The van der Waals surface area contributed by atoms with Crippen LogP contribution in [-0.2, 0) is 12.6 Å². The Morgan fingerprint density at radius 1 is 1.27 bits per heavy atom. The number of thiol groups is 1. The zero-order valence-electron chi connectivity index (χ0n) is 14.5. The molecule has 0 aliphatic rings. The number of anilines is 2.